The summed E-state index contributed by atoms with van der Waals surface area (Å²) in [4.78, 5) is 24.1. The summed E-state index contributed by atoms with van der Waals surface area (Å²) in [6, 6.07) is 13.9. The molecule has 0 bridgehead atoms. The Balaban J connectivity index is 1.88. The first-order valence-electron chi connectivity index (χ1n) is 8.16. The van der Waals surface area contributed by atoms with Crippen molar-refractivity contribution in [3.8, 4) is 0 Å². The average molecular weight is 356 g/mol. The lowest BCUT2D eigenvalue weighted by molar-refractivity contribution is 0.0951. The molecule has 0 aliphatic heterocycles. The third-order valence-corrected chi connectivity index (χ3v) is 4.19. The number of halogens is 1. The zero-order valence-corrected chi connectivity index (χ0v) is 14.6. The van der Waals surface area contributed by atoms with E-state index in [9.17, 15) is 9.59 Å². The predicted octanol–water partition coefficient (Wildman–Crippen LogP) is 4.33. The molecule has 4 nitrogen and oxygen atoms in total. The maximum atomic E-state index is 12.3. The van der Waals surface area contributed by atoms with Crippen LogP contribution in [0.2, 0.25) is 5.02 Å². The van der Waals surface area contributed by atoms with E-state index in [1.165, 1.54) is 11.6 Å². The Morgan fingerprint density at radius 1 is 1.16 bits per heavy atom. The van der Waals surface area contributed by atoms with Crippen molar-refractivity contribution in [2.45, 2.75) is 26.3 Å². The van der Waals surface area contributed by atoms with Crippen molar-refractivity contribution in [3.63, 3.8) is 0 Å². The van der Waals surface area contributed by atoms with Crippen molar-refractivity contribution in [3.05, 3.63) is 80.7 Å². The van der Waals surface area contributed by atoms with Crippen LogP contribution in [-0.2, 0) is 13.0 Å². The Hall–Kier alpha value is -2.59. The van der Waals surface area contributed by atoms with Crippen molar-refractivity contribution in [2.24, 2.45) is 0 Å². The lowest BCUT2D eigenvalue weighted by Gasteiger charge is -2.09. The molecular formula is C20H18ClNO3. The Morgan fingerprint density at radius 3 is 2.76 bits per heavy atom. The van der Waals surface area contributed by atoms with E-state index in [-0.39, 0.29) is 12.5 Å². The van der Waals surface area contributed by atoms with Crippen molar-refractivity contribution < 1.29 is 9.21 Å². The second-order valence-electron chi connectivity index (χ2n) is 5.86. The number of hydrogen-bond acceptors (Lipinski definition) is 3. The highest BCUT2D eigenvalue weighted by atomic mass is 35.5. The van der Waals surface area contributed by atoms with Crippen LogP contribution in [-0.4, -0.2) is 5.91 Å². The molecule has 0 spiro atoms. The monoisotopic (exact) mass is 355 g/mol. The lowest BCUT2D eigenvalue weighted by Crippen LogP contribution is -2.23. The molecule has 1 aromatic heterocycles. The molecule has 2 aromatic carbocycles. The molecule has 1 heterocycles. The Bertz CT molecular complexity index is 978. The van der Waals surface area contributed by atoms with Gasteiger partial charge in [-0.3, -0.25) is 4.79 Å². The van der Waals surface area contributed by atoms with E-state index in [0.29, 0.717) is 16.2 Å². The first kappa shape index (κ1) is 17.2. The molecule has 3 rings (SSSR count). The molecule has 0 radical (unpaired) electrons. The van der Waals surface area contributed by atoms with Crippen LogP contribution in [0, 0.1) is 0 Å². The highest BCUT2D eigenvalue weighted by Gasteiger charge is 2.10. The fourth-order valence-electron chi connectivity index (χ4n) is 2.77. The van der Waals surface area contributed by atoms with Crippen LogP contribution in [0.15, 0.2) is 57.7 Å². The first-order valence-corrected chi connectivity index (χ1v) is 8.54. The van der Waals surface area contributed by atoms with Crippen LogP contribution >= 0.6 is 11.6 Å². The summed E-state index contributed by atoms with van der Waals surface area (Å²) in [5, 5.41) is 4.18. The molecule has 25 heavy (non-hydrogen) atoms. The molecule has 5 heteroatoms. The predicted molar refractivity (Wildman–Crippen MR) is 99.1 cm³/mol. The zero-order chi connectivity index (χ0) is 17.8. The van der Waals surface area contributed by atoms with Crippen molar-refractivity contribution in [1.82, 2.24) is 5.32 Å². The van der Waals surface area contributed by atoms with E-state index in [2.05, 4.69) is 12.2 Å². The fourth-order valence-corrected chi connectivity index (χ4v) is 2.96. The normalized spacial score (nSPS) is 10.8. The Labute approximate surface area is 150 Å². The van der Waals surface area contributed by atoms with Gasteiger partial charge in [-0.25, -0.2) is 4.79 Å². The Kier molecular flexibility index (Phi) is 5.19. The first-order chi connectivity index (χ1) is 12.1. The van der Waals surface area contributed by atoms with E-state index in [1.54, 1.807) is 24.3 Å². The summed E-state index contributed by atoms with van der Waals surface area (Å²) in [5.74, 6) is -0.242. The minimum atomic E-state index is -0.428. The number of nitrogens with one attached hydrogen (secondary N) is 1. The molecule has 1 amide bonds. The topological polar surface area (TPSA) is 59.3 Å². The van der Waals surface area contributed by atoms with E-state index in [1.807, 2.05) is 18.2 Å². The number of hydrogen-bond donors (Lipinski definition) is 1. The van der Waals surface area contributed by atoms with Crippen LogP contribution < -0.4 is 10.9 Å². The summed E-state index contributed by atoms with van der Waals surface area (Å²) in [6.07, 6.45) is 1.98. The van der Waals surface area contributed by atoms with Gasteiger partial charge in [-0.1, -0.05) is 37.1 Å². The summed E-state index contributed by atoms with van der Waals surface area (Å²) in [5.41, 5.74) is 2.49. The second-order valence-corrected chi connectivity index (χ2v) is 6.30. The largest absolute Gasteiger partial charge is 0.423 e. The van der Waals surface area contributed by atoms with Gasteiger partial charge in [-0.15, -0.1) is 0 Å². The highest BCUT2D eigenvalue weighted by molar-refractivity contribution is 6.30. The number of carbonyl (C=O) groups excluding carboxylic acids is 1. The number of fused-ring (bicyclic) bond motifs is 1. The molecule has 1 N–H and O–H groups in total. The molecule has 0 fully saturated rings. The molecule has 128 valence electrons. The minimum Gasteiger partial charge on any atom is -0.423 e. The minimum absolute atomic E-state index is 0.239. The number of rotatable bonds is 5. The van der Waals surface area contributed by atoms with E-state index in [4.69, 9.17) is 16.0 Å². The molecule has 0 aliphatic carbocycles. The van der Waals surface area contributed by atoms with Crippen molar-refractivity contribution in [1.29, 1.82) is 0 Å². The van der Waals surface area contributed by atoms with Gasteiger partial charge in [0.2, 0.25) is 0 Å². The van der Waals surface area contributed by atoms with Crippen molar-refractivity contribution >= 4 is 28.5 Å². The number of benzene rings is 2. The quantitative estimate of drug-likeness (QED) is 0.693. The summed E-state index contributed by atoms with van der Waals surface area (Å²) < 4.78 is 5.26. The van der Waals surface area contributed by atoms with Gasteiger partial charge < -0.3 is 9.73 Å². The standard InChI is InChI=1S/C20H18ClNO3/c1-2-4-13-7-8-18-17(9-13)15(11-19(23)25-18)12-22-20(24)14-5-3-6-16(21)10-14/h3,5-11H,2,4,12H2,1H3,(H,22,24). The summed E-state index contributed by atoms with van der Waals surface area (Å²) in [7, 11) is 0. The number of carbonyl (C=O) groups is 1. The maximum Gasteiger partial charge on any atom is 0.336 e. The maximum absolute atomic E-state index is 12.3. The van der Waals surface area contributed by atoms with E-state index >= 15 is 0 Å². The third-order valence-electron chi connectivity index (χ3n) is 3.96. The fraction of sp³-hybridized carbons (Fsp3) is 0.200. The molecule has 0 saturated carbocycles. The van der Waals surface area contributed by atoms with Crippen LogP contribution in [0.25, 0.3) is 11.0 Å². The van der Waals surface area contributed by atoms with Gasteiger partial charge in [0, 0.05) is 28.6 Å². The van der Waals surface area contributed by atoms with Crippen LogP contribution in [0.4, 0.5) is 0 Å². The van der Waals surface area contributed by atoms with Gasteiger partial charge in [-0.05, 0) is 47.9 Å². The molecular weight excluding hydrogens is 338 g/mol. The van der Waals surface area contributed by atoms with Crippen LogP contribution in [0.3, 0.4) is 0 Å². The third kappa shape index (κ3) is 4.09. The van der Waals surface area contributed by atoms with Crippen LogP contribution in [0.1, 0.15) is 34.8 Å². The smallest absolute Gasteiger partial charge is 0.336 e. The van der Waals surface area contributed by atoms with E-state index < -0.39 is 5.63 Å². The number of amides is 1. The highest BCUT2D eigenvalue weighted by Crippen LogP contribution is 2.20. The zero-order valence-electron chi connectivity index (χ0n) is 13.8. The van der Waals surface area contributed by atoms with E-state index in [0.717, 1.165) is 23.8 Å². The Morgan fingerprint density at radius 2 is 2.00 bits per heavy atom. The molecule has 3 aromatic rings. The second kappa shape index (κ2) is 7.53. The molecule has 0 aliphatic rings. The molecule has 0 unspecified atom stereocenters. The van der Waals surface area contributed by atoms with Gasteiger partial charge in [0.25, 0.3) is 5.91 Å². The van der Waals surface area contributed by atoms with Gasteiger partial charge in [0.1, 0.15) is 5.58 Å². The number of aryl methyl sites for hydroxylation is 1. The molecule has 0 saturated heterocycles. The molecule has 0 atom stereocenters. The van der Waals surface area contributed by atoms with Gasteiger partial charge in [0.05, 0.1) is 0 Å². The summed E-state index contributed by atoms with van der Waals surface area (Å²) >= 11 is 5.92. The van der Waals surface area contributed by atoms with Gasteiger partial charge in [0.15, 0.2) is 0 Å². The average Bonchev–Trinajstić information content (AvgIpc) is 2.60. The van der Waals surface area contributed by atoms with Crippen LogP contribution in [0.5, 0.6) is 0 Å². The SMILES string of the molecule is CCCc1ccc2oc(=O)cc(CNC(=O)c3cccc(Cl)c3)c2c1. The summed E-state index contributed by atoms with van der Waals surface area (Å²) in [6.45, 7) is 2.35. The van der Waals surface area contributed by atoms with Gasteiger partial charge in [-0.2, -0.15) is 0 Å². The van der Waals surface area contributed by atoms with Crippen molar-refractivity contribution in [2.75, 3.05) is 0 Å². The lowest BCUT2D eigenvalue weighted by atomic mass is 10.0. The van der Waals surface area contributed by atoms with Gasteiger partial charge >= 0.3 is 5.63 Å².